The van der Waals surface area contributed by atoms with Gasteiger partial charge >= 0.3 is 0 Å². The molecule has 1 heterocycles. The van der Waals surface area contributed by atoms with E-state index in [1.165, 1.54) is 9.77 Å². The SMILES string of the molecule is Oc1ccc(F)cc1-c1nnnn1Br. The molecule has 0 radical (unpaired) electrons. The Morgan fingerprint density at radius 2 is 2.21 bits per heavy atom. The first-order valence-electron chi connectivity index (χ1n) is 3.62. The standard InChI is InChI=1S/C7H4BrFN4O/c8-13-7(10-11-12-13)5-3-4(9)1-2-6(5)14/h1-3,14H. The number of benzene rings is 1. The summed E-state index contributed by atoms with van der Waals surface area (Å²) in [5, 5.41) is 19.9. The molecule has 1 aromatic carbocycles. The summed E-state index contributed by atoms with van der Waals surface area (Å²) < 4.78 is 14.0. The highest BCUT2D eigenvalue weighted by atomic mass is 79.9. The van der Waals surface area contributed by atoms with E-state index in [1.54, 1.807) is 0 Å². The monoisotopic (exact) mass is 258 g/mol. The first-order valence-corrected chi connectivity index (χ1v) is 4.33. The Labute approximate surface area is 86.5 Å². The molecule has 0 aliphatic heterocycles. The van der Waals surface area contributed by atoms with Crippen LogP contribution in [0.25, 0.3) is 11.4 Å². The molecule has 1 aromatic heterocycles. The summed E-state index contributed by atoms with van der Waals surface area (Å²) in [4.78, 5) is 0. The molecule has 2 aromatic rings. The van der Waals surface area contributed by atoms with Crippen molar-refractivity contribution in [1.29, 1.82) is 0 Å². The summed E-state index contributed by atoms with van der Waals surface area (Å²) in [6.07, 6.45) is 0. The zero-order valence-electron chi connectivity index (χ0n) is 6.72. The van der Waals surface area contributed by atoms with Crippen LogP contribution in [0.2, 0.25) is 0 Å². The summed E-state index contributed by atoms with van der Waals surface area (Å²) >= 11 is 3.01. The maximum absolute atomic E-state index is 12.9. The minimum absolute atomic E-state index is 0.0816. The van der Waals surface area contributed by atoms with E-state index < -0.39 is 5.82 Å². The summed E-state index contributed by atoms with van der Waals surface area (Å²) in [7, 11) is 0. The molecule has 0 spiro atoms. The lowest BCUT2D eigenvalue weighted by Crippen LogP contribution is -1.89. The largest absolute Gasteiger partial charge is 0.507 e. The molecule has 14 heavy (non-hydrogen) atoms. The molecular weight excluding hydrogens is 255 g/mol. The molecule has 2 rings (SSSR count). The average molecular weight is 259 g/mol. The summed E-state index contributed by atoms with van der Waals surface area (Å²) in [6.45, 7) is 0. The van der Waals surface area contributed by atoms with Crippen molar-refractivity contribution in [1.82, 2.24) is 19.2 Å². The zero-order valence-corrected chi connectivity index (χ0v) is 8.31. The Balaban J connectivity index is 2.62. The van der Waals surface area contributed by atoms with Crippen LogP contribution >= 0.6 is 16.1 Å². The van der Waals surface area contributed by atoms with Crippen LogP contribution in [0, 0.1) is 5.82 Å². The highest BCUT2D eigenvalue weighted by molar-refractivity contribution is 9.08. The van der Waals surface area contributed by atoms with Crippen LogP contribution in [-0.2, 0) is 0 Å². The normalized spacial score (nSPS) is 10.4. The maximum atomic E-state index is 12.9. The fourth-order valence-electron chi connectivity index (χ4n) is 1.02. The van der Waals surface area contributed by atoms with Gasteiger partial charge in [-0.2, -0.15) is 3.71 Å². The van der Waals surface area contributed by atoms with Crippen molar-refractivity contribution < 1.29 is 9.50 Å². The number of rotatable bonds is 1. The third kappa shape index (κ3) is 1.46. The van der Waals surface area contributed by atoms with Crippen molar-refractivity contribution in [2.24, 2.45) is 0 Å². The summed E-state index contributed by atoms with van der Waals surface area (Å²) in [6, 6.07) is 3.55. The van der Waals surface area contributed by atoms with Crippen LogP contribution in [0.15, 0.2) is 18.2 Å². The topological polar surface area (TPSA) is 63.8 Å². The van der Waals surface area contributed by atoms with E-state index >= 15 is 0 Å². The molecule has 1 N–H and O–H groups in total. The third-order valence-electron chi connectivity index (χ3n) is 1.63. The molecule has 0 saturated carbocycles. The van der Waals surface area contributed by atoms with Gasteiger partial charge in [-0.15, -0.1) is 5.10 Å². The zero-order chi connectivity index (χ0) is 10.1. The second-order valence-corrected chi connectivity index (χ2v) is 3.20. The predicted molar refractivity (Wildman–Crippen MR) is 49.2 cm³/mol. The lowest BCUT2D eigenvalue weighted by Gasteiger charge is -2.00. The Kier molecular flexibility index (Phi) is 2.16. The molecule has 0 unspecified atom stereocenters. The van der Waals surface area contributed by atoms with E-state index in [0.717, 1.165) is 12.1 Å². The second kappa shape index (κ2) is 3.33. The van der Waals surface area contributed by atoms with Crippen molar-refractivity contribution >= 4 is 16.1 Å². The second-order valence-electron chi connectivity index (χ2n) is 2.52. The highest BCUT2D eigenvalue weighted by Crippen LogP contribution is 2.27. The Bertz CT molecular complexity index is 472. The molecule has 5 nitrogen and oxygen atoms in total. The number of aromatic hydroxyl groups is 1. The maximum Gasteiger partial charge on any atom is 0.197 e. The van der Waals surface area contributed by atoms with Crippen LogP contribution < -0.4 is 0 Å². The smallest absolute Gasteiger partial charge is 0.197 e. The van der Waals surface area contributed by atoms with Crippen molar-refractivity contribution in [3.63, 3.8) is 0 Å². The average Bonchev–Trinajstić information content (AvgIpc) is 2.56. The molecule has 0 aliphatic carbocycles. The van der Waals surface area contributed by atoms with E-state index in [9.17, 15) is 9.50 Å². The molecule has 7 heteroatoms. The van der Waals surface area contributed by atoms with Gasteiger partial charge in [0.25, 0.3) is 0 Å². The molecule has 0 amide bonds. The van der Waals surface area contributed by atoms with E-state index in [1.807, 2.05) is 0 Å². The predicted octanol–water partition coefficient (Wildman–Crippen LogP) is 1.34. The molecular formula is C7H4BrFN4O. The number of hydrogen-bond acceptors (Lipinski definition) is 4. The Morgan fingerprint density at radius 1 is 1.43 bits per heavy atom. The Morgan fingerprint density at radius 3 is 2.86 bits per heavy atom. The molecule has 72 valence electrons. The van der Waals surface area contributed by atoms with Crippen LogP contribution in [0.5, 0.6) is 5.75 Å². The van der Waals surface area contributed by atoms with E-state index in [2.05, 4.69) is 31.7 Å². The quantitative estimate of drug-likeness (QED) is 0.839. The Hall–Kier alpha value is -1.50. The molecule has 0 fully saturated rings. The number of halogens is 2. The number of aromatic nitrogens is 4. The highest BCUT2D eigenvalue weighted by Gasteiger charge is 2.12. The fraction of sp³-hybridized carbons (Fsp3) is 0. The van der Waals surface area contributed by atoms with Gasteiger partial charge in [0.15, 0.2) is 5.82 Å². The van der Waals surface area contributed by atoms with Gasteiger partial charge in [-0.05, 0) is 28.6 Å². The van der Waals surface area contributed by atoms with Gasteiger partial charge in [-0.25, -0.2) is 4.39 Å². The van der Waals surface area contributed by atoms with Crippen LogP contribution in [-0.4, -0.2) is 24.3 Å². The molecule has 0 bridgehead atoms. The number of hydrogen-bond donors (Lipinski definition) is 1. The van der Waals surface area contributed by atoms with Crippen molar-refractivity contribution in [2.45, 2.75) is 0 Å². The van der Waals surface area contributed by atoms with Gasteiger partial charge in [0, 0.05) is 0 Å². The first-order chi connectivity index (χ1) is 6.68. The van der Waals surface area contributed by atoms with E-state index in [4.69, 9.17) is 0 Å². The van der Waals surface area contributed by atoms with Gasteiger partial charge in [0.2, 0.25) is 0 Å². The van der Waals surface area contributed by atoms with Crippen molar-refractivity contribution in [3.8, 4) is 17.1 Å². The van der Waals surface area contributed by atoms with E-state index in [-0.39, 0.29) is 17.1 Å². The minimum atomic E-state index is -0.465. The number of nitrogens with zero attached hydrogens (tertiary/aromatic N) is 4. The summed E-state index contributed by atoms with van der Waals surface area (Å²) in [5.41, 5.74) is 0.229. The van der Waals surface area contributed by atoms with Gasteiger partial charge in [-0.1, -0.05) is 0 Å². The van der Waals surface area contributed by atoms with Gasteiger partial charge < -0.3 is 5.11 Å². The van der Waals surface area contributed by atoms with Crippen molar-refractivity contribution in [2.75, 3.05) is 0 Å². The first kappa shape index (κ1) is 9.07. The summed E-state index contributed by atoms with van der Waals surface area (Å²) in [5.74, 6) is -0.308. The lowest BCUT2D eigenvalue weighted by molar-refractivity contribution is 0.474. The van der Waals surface area contributed by atoms with Gasteiger partial charge in [0.05, 0.1) is 21.7 Å². The van der Waals surface area contributed by atoms with Gasteiger partial charge in [-0.3, -0.25) is 0 Å². The minimum Gasteiger partial charge on any atom is -0.507 e. The van der Waals surface area contributed by atoms with Crippen LogP contribution in [0.4, 0.5) is 4.39 Å². The molecule has 0 atom stereocenters. The van der Waals surface area contributed by atoms with Crippen molar-refractivity contribution in [3.05, 3.63) is 24.0 Å². The van der Waals surface area contributed by atoms with Gasteiger partial charge in [0.1, 0.15) is 11.6 Å². The third-order valence-corrected chi connectivity index (χ3v) is 2.11. The van der Waals surface area contributed by atoms with Crippen LogP contribution in [0.1, 0.15) is 0 Å². The number of phenols is 1. The lowest BCUT2D eigenvalue weighted by atomic mass is 10.2. The van der Waals surface area contributed by atoms with E-state index in [0.29, 0.717) is 0 Å². The van der Waals surface area contributed by atoms with Crippen LogP contribution in [0.3, 0.4) is 0 Å². The molecule has 0 saturated heterocycles. The fourth-order valence-corrected chi connectivity index (χ4v) is 1.34. The number of phenolic OH excluding ortho intramolecular Hbond substituents is 1. The number of tetrazole rings is 1. The molecule has 0 aliphatic rings.